The van der Waals surface area contributed by atoms with Gasteiger partial charge in [0.2, 0.25) is 11.8 Å². The number of piperidine rings is 1. The number of carbonyl (C=O) groups excluding carboxylic acids is 2. The molecule has 1 saturated carbocycles. The molecule has 1 aliphatic carbocycles. The molecule has 3 aliphatic rings. The van der Waals surface area contributed by atoms with Gasteiger partial charge in [-0.1, -0.05) is 6.92 Å². The van der Waals surface area contributed by atoms with Crippen LogP contribution in [0.15, 0.2) is 0 Å². The predicted molar refractivity (Wildman–Crippen MR) is 81.0 cm³/mol. The zero-order valence-corrected chi connectivity index (χ0v) is 13.8. The summed E-state index contributed by atoms with van der Waals surface area (Å²) in [6.07, 6.45) is -1.24. The first-order valence-corrected chi connectivity index (χ1v) is 8.65. The third kappa shape index (κ3) is 4.02. The minimum atomic E-state index is -4.35. The molecule has 0 spiro atoms. The molecule has 5 nitrogen and oxygen atoms in total. The molecule has 0 aromatic heterocycles. The van der Waals surface area contributed by atoms with E-state index in [9.17, 15) is 22.8 Å². The summed E-state index contributed by atoms with van der Waals surface area (Å²) in [5, 5.41) is 3.24. The van der Waals surface area contributed by atoms with Crippen molar-refractivity contribution < 1.29 is 22.8 Å². The van der Waals surface area contributed by atoms with E-state index in [0.29, 0.717) is 19.5 Å². The Morgan fingerprint density at radius 3 is 2.50 bits per heavy atom. The number of carbonyl (C=O) groups is 2. The van der Waals surface area contributed by atoms with Gasteiger partial charge in [0.25, 0.3) is 0 Å². The lowest BCUT2D eigenvalue weighted by molar-refractivity contribution is -0.158. The van der Waals surface area contributed by atoms with Crippen LogP contribution in [0.3, 0.4) is 0 Å². The van der Waals surface area contributed by atoms with E-state index in [2.05, 4.69) is 5.32 Å². The molecule has 3 rings (SSSR count). The molecule has 2 aliphatic heterocycles. The Morgan fingerprint density at radius 2 is 1.92 bits per heavy atom. The molecule has 24 heavy (non-hydrogen) atoms. The molecule has 3 atom stereocenters. The van der Waals surface area contributed by atoms with Crippen LogP contribution >= 0.6 is 0 Å². The Balaban J connectivity index is 1.50. The molecule has 0 bridgehead atoms. The zero-order valence-electron chi connectivity index (χ0n) is 13.8. The summed E-state index contributed by atoms with van der Waals surface area (Å²) in [5.41, 5.74) is 0. The highest BCUT2D eigenvalue weighted by Gasteiger charge is 2.41. The monoisotopic (exact) mass is 347 g/mol. The second kappa shape index (κ2) is 6.54. The van der Waals surface area contributed by atoms with Gasteiger partial charge in [-0.05, 0) is 31.6 Å². The van der Waals surface area contributed by atoms with Gasteiger partial charge in [0, 0.05) is 31.6 Å². The molecule has 136 valence electrons. The average molecular weight is 347 g/mol. The lowest BCUT2D eigenvalue weighted by atomic mass is 9.92. The normalized spacial score (nSPS) is 31.7. The van der Waals surface area contributed by atoms with Crippen molar-refractivity contribution >= 4 is 11.8 Å². The second-order valence-corrected chi connectivity index (χ2v) is 7.31. The van der Waals surface area contributed by atoms with Crippen LogP contribution in [0, 0.1) is 11.8 Å². The van der Waals surface area contributed by atoms with E-state index in [-0.39, 0.29) is 30.3 Å². The van der Waals surface area contributed by atoms with Crippen LogP contribution in [0.2, 0.25) is 0 Å². The maximum Gasteiger partial charge on any atom is 0.406 e. The zero-order chi connectivity index (χ0) is 17.5. The Hall–Kier alpha value is -1.31. The van der Waals surface area contributed by atoms with Crippen molar-refractivity contribution in [1.82, 2.24) is 15.1 Å². The number of nitrogens with one attached hydrogen (secondary N) is 1. The van der Waals surface area contributed by atoms with Gasteiger partial charge in [-0.25, -0.2) is 0 Å². The first kappa shape index (κ1) is 17.5. The van der Waals surface area contributed by atoms with Gasteiger partial charge in [0.15, 0.2) is 0 Å². The van der Waals surface area contributed by atoms with Gasteiger partial charge in [0.1, 0.15) is 6.54 Å². The number of halogens is 3. The topological polar surface area (TPSA) is 52.7 Å². The third-order valence-corrected chi connectivity index (χ3v) is 5.23. The number of likely N-dealkylation sites (tertiary alicyclic amines) is 2. The minimum Gasteiger partial charge on any atom is -0.342 e. The summed E-state index contributed by atoms with van der Waals surface area (Å²) in [6, 6.07) is -0.474. The fourth-order valence-electron chi connectivity index (χ4n) is 3.71. The van der Waals surface area contributed by atoms with Gasteiger partial charge in [-0.2, -0.15) is 13.2 Å². The lowest BCUT2D eigenvalue weighted by Crippen LogP contribution is -2.54. The first-order valence-electron chi connectivity index (χ1n) is 8.65. The van der Waals surface area contributed by atoms with Crippen molar-refractivity contribution in [1.29, 1.82) is 0 Å². The van der Waals surface area contributed by atoms with Crippen molar-refractivity contribution in [2.45, 2.75) is 50.9 Å². The number of nitrogens with zero attached hydrogens (tertiary/aromatic N) is 2. The number of alkyl halides is 3. The molecule has 0 aromatic rings. The molecule has 1 N–H and O–H groups in total. The van der Waals surface area contributed by atoms with E-state index >= 15 is 0 Å². The maximum absolute atomic E-state index is 12.5. The molecule has 3 fully saturated rings. The number of hydrogen-bond donors (Lipinski definition) is 1. The van der Waals surface area contributed by atoms with Crippen LogP contribution in [-0.4, -0.2) is 66.1 Å². The Bertz CT molecular complexity index is 507. The van der Waals surface area contributed by atoms with Crippen LogP contribution in [0.1, 0.15) is 32.6 Å². The van der Waals surface area contributed by atoms with E-state index in [1.165, 1.54) is 0 Å². The van der Waals surface area contributed by atoms with Gasteiger partial charge < -0.3 is 15.1 Å². The minimum absolute atomic E-state index is 0.0630. The maximum atomic E-state index is 12.5. The highest BCUT2D eigenvalue weighted by atomic mass is 19.4. The van der Waals surface area contributed by atoms with E-state index < -0.39 is 24.7 Å². The molecule has 2 heterocycles. The molecule has 2 amide bonds. The number of amides is 2. The fraction of sp³-hybridized carbons (Fsp3) is 0.875. The molecular formula is C16H24F3N3O2. The summed E-state index contributed by atoms with van der Waals surface area (Å²) in [7, 11) is 0. The molecule has 0 unspecified atom stereocenters. The van der Waals surface area contributed by atoms with Crippen molar-refractivity contribution in [2.24, 2.45) is 11.8 Å². The van der Waals surface area contributed by atoms with Gasteiger partial charge >= 0.3 is 6.18 Å². The smallest absolute Gasteiger partial charge is 0.342 e. The average Bonchev–Trinajstić information content (AvgIpc) is 3.29. The fourth-order valence-corrected chi connectivity index (χ4v) is 3.71. The molecular weight excluding hydrogens is 323 g/mol. The lowest BCUT2D eigenvalue weighted by Gasteiger charge is -2.38. The summed E-state index contributed by atoms with van der Waals surface area (Å²) < 4.78 is 37.4. The number of hydrogen-bond acceptors (Lipinski definition) is 3. The highest BCUT2D eigenvalue weighted by Crippen LogP contribution is 2.32. The SMILES string of the molecule is C[C@@H]1CN(C(=O)C2CC2)CC[C@@H]1N[C@H]1CCN(CC(F)(F)F)C1=O. The highest BCUT2D eigenvalue weighted by molar-refractivity contribution is 5.84. The van der Waals surface area contributed by atoms with Crippen LogP contribution in [-0.2, 0) is 9.59 Å². The molecule has 0 aromatic carbocycles. The van der Waals surface area contributed by atoms with Crippen molar-refractivity contribution in [3.63, 3.8) is 0 Å². The van der Waals surface area contributed by atoms with E-state index in [1.54, 1.807) is 0 Å². The quantitative estimate of drug-likeness (QED) is 0.836. The first-order chi connectivity index (χ1) is 11.2. The molecule has 2 saturated heterocycles. The van der Waals surface area contributed by atoms with Crippen LogP contribution in [0.4, 0.5) is 13.2 Å². The number of rotatable bonds is 4. The standard InChI is InChI=1S/C16H24F3N3O2/c1-10-8-21(14(23)11-2-3-11)6-4-12(10)20-13-5-7-22(15(13)24)9-16(17,18)19/h10-13,20H,2-9H2,1H3/t10-,12+,13+/m1/s1. The van der Waals surface area contributed by atoms with E-state index in [1.807, 2.05) is 11.8 Å². The van der Waals surface area contributed by atoms with Gasteiger partial charge in [0.05, 0.1) is 6.04 Å². The third-order valence-electron chi connectivity index (χ3n) is 5.23. The van der Waals surface area contributed by atoms with E-state index in [0.717, 1.165) is 24.2 Å². The van der Waals surface area contributed by atoms with Crippen molar-refractivity contribution in [3.05, 3.63) is 0 Å². The summed E-state index contributed by atoms with van der Waals surface area (Å²) in [6.45, 7) is 2.30. The second-order valence-electron chi connectivity index (χ2n) is 7.31. The van der Waals surface area contributed by atoms with Crippen LogP contribution in [0.25, 0.3) is 0 Å². The van der Waals surface area contributed by atoms with E-state index in [4.69, 9.17) is 0 Å². The van der Waals surface area contributed by atoms with Crippen LogP contribution < -0.4 is 5.32 Å². The van der Waals surface area contributed by atoms with Crippen molar-refractivity contribution in [2.75, 3.05) is 26.2 Å². The molecule has 0 radical (unpaired) electrons. The summed E-state index contributed by atoms with van der Waals surface area (Å²) >= 11 is 0. The summed E-state index contributed by atoms with van der Waals surface area (Å²) in [5.74, 6) is 0.157. The predicted octanol–water partition coefficient (Wildman–Crippen LogP) is 1.39. The summed E-state index contributed by atoms with van der Waals surface area (Å²) in [4.78, 5) is 27.0. The van der Waals surface area contributed by atoms with Crippen molar-refractivity contribution in [3.8, 4) is 0 Å². The largest absolute Gasteiger partial charge is 0.406 e. The molecule has 8 heteroatoms. The van der Waals surface area contributed by atoms with Gasteiger partial charge in [-0.3, -0.25) is 9.59 Å². The Kier molecular flexibility index (Phi) is 4.77. The Labute approximate surface area is 139 Å². The Morgan fingerprint density at radius 1 is 1.21 bits per heavy atom. The van der Waals surface area contributed by atoms with Gasteiger partial charge in [-0.15, -0.1) is 0 Å². The van der Waals surface area contributed by atoms with Crippen LogP contribution in [0.5, 0.6) is 0 Å².